The number of nitrogens with one attached hydrogen (secondary N) is 2. The van der Waals surface area contributed by atoms with Crippen molar-refractivity contribution in [3.63, 3.8) is 0 Å². The summed E-state index contributed by atoms with van der Waals surface area (Å²) in [6, 6.07) is 5.52. The standard InChI is InChI=1S/C15H18N4O6S2/c1-24-8-7-19-14(21)12(13(20)17-15(19)26)9-16-10-3-5-11(6-4-10)27(22,23)18-25-2/h3-6,9,18,21H,7-8H2,1-2H3,(H,17,20,26). The van der Waals surface area contributed by atoms with Crippen LogP contribution in [-0.2, 0) is 26.1 Å². The van der Waals surface area contributed by atoms with Gasteiger partial charge in [0.15, 0.2) is 4.77 Å². The Morgan fingerprint density at radius 2 is 2.00 bits per heavy atom. The van der Waals surface area contributed by atoms with Gasteiger partial charge in [-0.2, -0.15) is 0 Å². The van der Waals surface area contributed by atoms with Crippen LogP contribution in [0.1, 0.15) is 5.56 Å². The van der Waals surface area contributed by atoms with E-state index >= 15 is 0 Å². The maximum atomic E-state index is 12.0. The third-order valence-electron chi connectivity index (χ3n) is 3.41. The molecule has 12 heteroatoms. The summed E-state index contributed by atoms with van der Waals surface area (Å²) in [4.78, 5) is 24.9. The number of nitrogens with zero attached hydrogens (tertiary/aromatic N) is 2. The molecule has 2 aromatic rings. The van der Waals surface area contributed by atoms with Gasteiger partial charge < -0.3 is 9.84 Å². The number of H-pyrrole nitrogens is 1. The number of ether oxygens (including phenoxy) is 1. The van der Waals surface area contributed by atoms with Crippen LogP contribution in [0.25, 0.3) is 0 Å². The summed E-state index contributed by atoms with van der Waals surface area (Å²) in [5.41, 5.74) is -0.313. The van der Waals surface area contributed by atoms with E-state index in [0.29, 0.717) is 5.69 Å². The monoisotopic (exact) mass is 414 g/mol. The molecule has 0 spiro atoms. The summed E-state index contributed by atoms with van der Waals surface area (Å²) in [6.45, 7) is 0.535. The van der Waals surface area contributed by atoms with Crippen LogP contribution in [0.4, 0.5) is 5.69 Å². The molecule has 0 bridgehead atoms. The first-order valence-corrected chi connectivity index (χ1v) is 9.43. The summed E-state index contributed by atoms with van der Waals surface area (Å²) >= 11 is 5.02. The fourth-order valence-electron chi connectivity index (χ4n) is 2.09. The van der Waals surface area contributed by atoms with Crippen molar-refractivity contribution in [1.82, 2.24) is 14.4 Å². The van der Waals surface area contributed by atoms with Crippen LogP contribution in [0.3, 0.4) is 0 Å². The smallest absolute Gasteiger partial charge is 0.264 e. The Morgan fingerprint density at radius 3 is 2.59 bits per heavy atom. The summed E-state index contributed by atoms with van der Waals surface area (Å²) in [7, 11) is -1.08. The zero-order chi connectivity index (χ0) is 20.0. The predicted octanol–water partition coefficient (Wildman–Crippen LogP) is 0.848. The number of hydrogen-bond acceptors (Lipinski definition) is 8. The predicted molar refractivity (Wildman–Crippen MR) is 100 cm³/mol. The first-order chi connectivity index (χ1) is 12.8. The Labute approximate surface area is 160 Å². The summed E-state index contributed by atoms with van der Waals surface area (Å²) in [5.74, 6) is -0.340. The second-order valence-corrected chi connectivity index (χ2v) is 7.22. The molecular formula is C15H18N4O6S2. The SMILES string of the molecule is COCCn1c(O)c(C=Nc2ccc(S(=O)(=O)NOC)cc2)c(=O)[nH]c1=S. The van der Waals surface area contributed by atoms with Gasteiger partial charge in [0.05, 0.1) is 30.8 Å². The fourth-order valence-corrected chi connectivity index (χ4v) is 3.17. The molecule has 0 aliphatic heterocycles. The average molecular weight is 414 g/mol. The van der Waals surface area contributed by atoms with E-state index in [0.717, 1.165) is 0 Å². The van der Waals surface area contributed by atoms with Gasteiger partial charge in [0.25, 0.3) is 15.6 Å². The quantitative estimate of drug-likeness (QED) is 0.331. The molecule has 1 aromatic carbocycles. The highest BCUT2D eigenvalue weighted by molar-refractivity contribution is 7.89. The van der Waals surface area contributed by atoms with E-state index in [2.05, 4.69) is 14.8 Å². The van der Waals surface area contributed by atoms with Gasteiger partial charge in [-0.25, -0.2) is 8.42 Å². The number of hydrogen-bond donors (Lipinski definition) is 3. The lowest BCUT2D eigenvalue weighted by Crippen LogP contribution is -2.22. The van der Waals surface area contributed by atoms with Gasteiger partial charge in [-0.05, 0) is 36.5 Å². The second kappa shape index (κ2) is 9.01. The molecule has 146 valence electrons. The number of rotatable bonds is 8. The Hall–Kier alpha value is -2.38. The molecule has 1 aromatic heterocycles. The number of aromatic amines is 1. The minimum Gasteiger partial charge on any atom is -0.494 e. The highest BCUT2D eigenvalue weighted by atomic mass is 32.2. The molecule has 0 atom stereocenters. The second-order valence-electron chi connectivity index (χ2n) is 5.18. The molecule has 0 saturated carbocycles. The van der Waals surface area contributed by atoms with Crippen LogP contribution in [0.5, 0.6) is 5.88 Å². The minimum atomic E-state index is -3.77. The molecule has 27 heavy (non-hydrogen) atoms. The molecule has 0 radical (unpaired) electrons. The van der Waals surface area contributed by atoms with Crippen LogP contribution < -0.4 is 10.4 Å². The molecule has 0 saturated heterocycles. The molecule has 0 fully saturated rings. The number of methoxy groups -OCH3 is 1. The van der Waals surface area contributed by atoms with E-state index in [1.54, 1.807) is 0 Å². The molecule has 0 aliphatic carbocycles. The molecule has 3 N–H and O–H groups in total. The van der Waals surface area contributed by atoms with Crippen LogP contribution in [0.15, 0.2) is 38.9 Å². The first-order valence-electron chi connectivity index (χ1n) is 7.54. The highest BCUT2D eigenvalue weighted by Crippen LogP contribution is 2.18. The van der Waals surface area contributed by atoms with E-state index in [4.69, 9.17) is 17.0 Å². The van der Waals surface area contributed by atoms with E-state index in [9.17, 15) is 18.3 Å². The summed E-state index contributed by atoms with van der Waals surface area (Å²) in [6.07, 6.45) is 1.17. The number of sulfonamides is 1. The van der Waals surface area contributed by atoms with Crippen molar-refractivity contribution in [2.45, 2.75) is 11.4 Å². The van der Waals surface area contributed by atoms with Crippen molar-refractivity contribution >= 4 is 34.1 Å². The van der Waals surface area contributed by atoms with E-state index < -0.39 is 15.6 Å². The third kappa shape index (κ3) is 5.08. The van der Waals surface area contributed by atoms with Crippen LogP contribution in [0.2, 0.25) is 0 Å². The van der Waals surface area contributed by atoms with Gasteiger partial charge in [0.2, 0.25) is 5.88 Å². The van der Waals surface area contributed by atoms with Crippen molar-refractivity contribution in [1.29, 1.82) is 0 Å². The van der Waals surface area contributed by atoms with Gasteiger partial charge in [-0.15, -0.1) is 0 Å². The molecule has 1 heterocycles. The normalized spacial score (nSPS) is 11.9. The van der Waals surface area contributed by atoms with E-state index in [1.165, 1.54) is 49.3 Å². The van der Waals surface area contributed by atoms with Gasteiger partial charge in [-0.1, -0.05) is 4.89 Å². The fraction of sp³-hybridized carbons (Fsp3) is 0.267. The van der Waals surface area contributed by atoms with Crippen LogP contribution in [0, 0.1) is 4.77 Å². The summed E-state index contributed by atoms with van der Waals surface area (Å²) in [5, 5.41) is 10.3. The molecule has 0 amide bonds. The van der Waals surface area contributed by atoms with Crippen molar-refractivity contribution < 1.29 is 23.1 Å². The number of aliphatic imine (C=N–C) groups is 1. The number of aromatic nitrogens is 2. The maximum absolute atomic E-state index is 12.0. The lowest BCUT2D eigenvalue weighted by atomic mass is 10.3. The largest absolute Gasteiger partial charge is 0.494 e. The molecule has 0 unspecified atom stereocenters. The lowest BCUT2D eigenvalue weighted by molar-refractivity contribution is 0.153. The Bertz CT molecular complexity index is 1040. The van der Waals surface area contributed by atoms with Gasteiger partial charge in [-0.3, -0.25) is 24.2 Å². The van der Waals surface area contributed by atoms with Crippen molar-refractivity contribution in [3.8, 4) is 5.88 Å². The first kappa shape index (κ1) is 20.9. The molecular weight excluding hydrogens is 396 g/mol. The van der Waals surface area contributed by atoms with Gasteiger partial charge in [0.1, 0.15) is 5.56 Å². The molecule has 2 rings (SSSR count). The van der Waals surface area contributed by atoms with Crippen LogP contribution in [-0.4, -0.2) is 50.1 Å². The van der Waals surface area contributed by atoms with Crippen LogP contribution >= 0.6 is 12.2 Å². The molecule has 0 aliphatic rings. The summed E-state index contributed by atoms with van der Waals surface area (Å²) < 4.78 is 29.9. The molecule has 10 nitrogen and oxygen atoms in total. The van der Waals surface area contributed by atoms with Crippen molar-refractivity contribution in [3.05, 3.63) is 45.0 Å². The van der Waals surface area contributed by atoms with Crippen molar-refractivity contribution in [2.75, 3.05) is 20.8 Å². The Kier molecular flexibility index (Phi) is 6.98. The minimum absolute atomic E-state index is 0.0168. The zero-order valence-electron chi connectivity index (χ0n) is 14.5. The topological polar surface area (TPSA) is 135 Å². The Balaban J connectivity index is 2.33. The number of benzene rings is 1. The van der Waals surface area contributed by atoms with E-state index in [-0.39, 0.29) is 34.3 Å². The van der Waals surface area contributed by atoms with Crippen molar-refractivity contribution in [2.24, 2.45) is 4.99 Å². The third-order valence-corrected chi connectivity index (χ3v) is 5.01. The number of aromatic hydroxyl groups is 1. The lowest BCUT2D eigenvalue weighted by Gasteiger charge is -2.10. The average Bonchev–Trinajstić information content (AvgIpc) is 2.61. The maximum Gasteiger partial charge on any atom is 0.264 e. The van der Waals surface area contributed by atoms with Gasteiger partial charge >= 0.3 is 0 Å². The highest BCUT2D eigenvalue weighted by Gasteiger charge is 2.13. The van der Waals surface area contributed by atoms with E-state index in [1.807, 2.05) is 4.89 Å². The zero-order valence-corrected chi connectivity index (χ0v) is 16.1. The van der Waals surface area contributed by atoms with Gasteiger partial charge in [0, 0.05) is 13.3 Å². The Morgan fingerprint density at radius 1 is 1.33 bits per heavy atom.